The first kappa shape index (κ1) is 12.6. The zero-order chi connectivity index (χ0) is 13.6. The molecule has 0 fully saturated rings. The van der Waals surface area contributed by atoms with Crippen LogP contribution in [-0.4, -0.2) is 15.0 Å². The maximum absolute atomic E-state index is 6.09. The molecule has 0 amide bonds. The first-order valence-corrected chi connectivity index (χ1v) is 7.21. The summed E-state index contributed by atoms with van der Waals surface area (Å²) in [5.41, 5.74) is 10.1. The topological polar surface area (TPSA) is 67.6 Å². The highest BCUT2D eigenvalue weighted by molar-refractivity contribution is 9.11. The van der Waals surface area contributed by atoms with E-state index in [2.05, 4.69) is 46.8 Å². The molecule has 0 bridgehead atoms. The highest BCUT2D eigenvalue weighted by Gasteiger charge is 2.12. The van der Waals surface area contributed by atoms with Crippen molar-refractivity contribution in [3.8, 4) is 11.4 Å². The summed E-state index contributed by atoms with van der Waals surface area (Å²) >= 11 is 6.89. The summed E-state index contributed by atoms with van der Waals surface area (Å²) in [6.45, 7) is 1.94. The molecule has 19 heavy (non-hydrogen) atoms. The molecule has 3 N–H and O–H groups in total. The number of halogens is 2. The van der Waals surface area contributed by atoms with Gasteiger partial charge in [0.05, 0.1) is 11.2 Å². The van der Waals surface area contributed by atoms with Crippen molar-refractivity contribution in [3.63, 3.8) is 0 Å². The minimum Gasteiger partial charge on any atom is -0.397 e. The number of benzene rings is 1. The summed E-state index contributed by atoms with van der Waals surface area (Å²) < 4.78 is 1.77. The molecule has 0 aliphatic rings. The number of anilines is 1. The van der Waals surface area contributed by atoms with E-state index >= 15 is 0 Å². The smallest absolute Gasteiger partial charge is 0.178 e. The molecule has 3 rings (SSSR count). The van der Waals surface area contributed by atoms with Crippen molar-refractivity contribution in [1.82, 2.24) is 15.0 Å². The van der Waals surface area contributed by atoms with Gasteiger partial charge in [-0.2, -0.15) is 0 Å². The van der Waals surface area contributed by atoms with Crippen molar-refractivity contribution in [1.29, 1.82) is 0 Å². The highest BCUT2D eigenvalue weighted by atomic mass is 79.9. The minimum atomic E-state index is 0.652. The standard InChI is InChI=1S/C13H10Br2N4/c1-6-2-3-10-13(17-6)19-12(18-10)8-4-7(14)5-9(15)11(8)16/h2-5H,16H2,1H3,(H,17,18,19). The highest BCUT2D eigenvalue weighted by Crippen LogP contribution is 2.34. The number of imidazole rings is 1. The molecule has 2 aromatic heterocycles. The third-order valence-corrected chi connectivity index (χ3v) is 3.95. The number of H-pyrrole nitrogens is 1. The molecule has 0 atom stereocenters. The molecule has 2 heterocycles. The number of rotatable bonds is 1. The van der Waals surface area contributed by atoms with Crippen LogP contribution in [-0.2, 0) is 0 Å². The number of aryl methyl sites for hydroxylation is 1. The van der Waals surface area contributed by atoms with Gasteiger partial charge in [0.2, 0.25) is 0 Å². The third kappa shape index (κ3) is 2.26. The minimum absolute atomic E-state index is 0.652. The number of nitrogen functional groups attached to an aromatic ring is 1. The Bertz CT molecular complexity index is 780. The fourth-order valence-corrected chi connectivity index (χ4v) is 3.12. The van der Waals surface area contributed by atoms with Crippen molar-refractivity contribution < 1.29 is 0 Å². The average Bonchev–Trinajstić information content (AvgIpc) is 2.76. The average molecular weight is 382 g/mol. The molecule has 0 aliphatic carbocycles. The molecule has 0 radical (unpaired) electrons. The lowest BCUT2D eigenvalue weighted by Gasteiger charge is -2.05. The fourth-order valence-electron chi connectivity index (χ4n) is 1.90. The van der Waals surface area contributed by atoms with Gasteiger partial charge in [0.25, 0.3) is 0 Å². The van der Waals surface area contributed by atoms with Crippen LogP contribution >= 0.6 is 31.9 Å². The molecule has 4 nitrogen and oxygen atoms in total. The van der Waals surface area contributed by atoms with E-state index in [0.29, 0.717) is 17.2 Å². The largest absolute Gasteiger partial charge is 0.397 e. The van der Waals surface area contributed by atoms with E-state index < -0.39 is 0 Å². The summed E-state index contributed by atoms with van der Waals surface area (Å²) in [6.07, 6.45) is 0. The second-order valence-electron chi connectivity index (χ2n) is 4.26. The number of aromatic nitrogens is 3. The zero-order valence-corrected chi connectivity index (χ0v) is 13.2. The van der Waals surface area contributed by atoms with Gasteiger partial charge in [-0.25, -0.2) is 9.97 Å². The number of hydrogen-bond donors (Lipinski definition) is 2. The van der Waals surface area contributed by atoms with Crippen LogP contribution in [0.3, 0.4) is 0 Å². The van der Waals surface area contributed by atoms with Gasteiger partial charge < -0.3 is 10.7 Å². The fraction of sp³-hybridized carbons (Fsp3) is 0.0769. The summed E-state index contributed by atoms with van der Waals surface area (Å²) in [6, 6.07) is 7.76. The van der Waals surface area contributed by atoms with E-state index in [9.17, 15) is 0 Å². The van der Waals surface area contributed by atoms with Crippen molar-refractivity contribution in [3.05, 3.63) is 38.9 Å². The predicted molar refractivity (Wildman–Crippen MR) is 83.9 cm³/mol. The number of nitrogens with one attached hydrogen (secondary N) is 1. The molecular weight excluding hydrogens is 372 g/mol. The Labute approximate surface area is 126 Å². The second-order valence-corrected chi connectivity index (χ2v) is 6.03. The van der Waals surface area contributed by atoms with Crippen molar-refractivity contribution in [2.45, 2.75) is 6.92 Å². The Morgan fingerprint density at radius 3 is 2.74 bits per heavy atom. The van der Waals surface area contributed by atoms with Gasteiger partial charge in [-0.15, -0.1) is 0 Å². The van der Waals surface area contributed by atoms with Crippen LogP contribution in [0.15, 0.2) is 33.2 Å². The van der Waals surface area contributed by atoms with Crippen LogP contribution in [0.4, 0.5) is 5.69 Å². The maximum atomic E-state index is 6.09. The van der Waals surface area contributed by atoms with Gasteiger partial charge >= 0.3 is 0 Å². The van der Waals surface area contributed by atoms with Gasteiger partial charge in [-0.3, -0.25) is 0 Å². The molecule has 6 heteroatoms. The van der Waals surface area contributed by atoms with Gasteiger partial charge in [0, 0.05) is 20.2 Å². The Hall–Kier alpha value is -1.40. The molecule has 0 spiro atoms. The number of fused-ring (bicyclic) bond motifs is 1. The zero-order valence-electron chi connectivity index (χ0n) is 10.0. The molecule has 1 aromatic carbocycles. The van der Waals surface area contributed by atoms with E-state index in [1.54, 1.807) is 0 Å². The van der Waals surface area contributed by atoms with Crippen molar-refractivity contribution >= 4 is 48.7 Å². The number of hydrogen-bond acceptors (Lipinski definition) is 3. The van der Waals surface area contributed by atoms with Gasteiger partial charge in [0.15, 0.2) is 5.65 Å². The monoisotopic (exact) mass is 380 g/mol. The summed E-state index contributed by atoms with van der Waals surface area (Å²) in [5.74, 6) is 0.715. The summed E-state index contributed by atoms with van der Waals surface area (Å²) in [7, 11) is 0. The number of pyridine rings is 1. The number of aromatic amines is 1. The molecule has 0 unspecified atom stereocenters. The van der Waals surface area contributed by atoms with E-state index in [-0.39, 0.29) is 0 Å². The van der Waals surface area contributed by atoms with Crippen LogP contribution in [0.25, 0.3) is 22.6 Å². The molecule has 0 aliphatic heterocycles. The Morgan fingerprint density at radius 2 is 1.95 bits per heavy atom. The van der Waals surface area contributed by atoms with E-state index in [1.165, 1.54) is 0 Å². The van der Waals surface area contributed by atoms with Crippen molar-refractivity contribution in [2.24, 2.45) is 0 Å². The maximum Gasteiger partial charge on any atom is 0.178 e. The van der Waals surface area contributed by atoms with Crippen LogP contribution < -0.4 is 5.73 Å². The quantitative estimate of drug-likeness (QED) is 0.625. The predicted octanol–water partition coefficient (Wildman–Crippen LogP) is 4.04. The number of nitrogens with two attached hydrogens (primary N) is 1. The lowest BCUT2D eigenvalue weighted by Crippen LogP contribution is -1.93. The summed E-state index contributed by atoms with van der Waals surface area (Å²) in [5, 5.41) is 0. The third-order valence-electron chi connectivity index (χ3n) is 2.83. The molecular formula is C13H10Br2N4. The molecule has 0 saturated heterocycles. The van der Waals surface area contributed by atoms with Crippen LogP contribution in [0.1, 0.15) is 5.69 Å². The Kier molecular flexibility index (Phi) is 3.06. The SMILES string of the molecule is Cc1ccc2[nH]c(-c3cc(Br)cc(Br)c3N)nc2n1. The van der Waals surface area contributed by atoms with Crippen LogP contribution in [0.2, 0.25) is 0 Å². The first-order valence-electron chi connectivity index (χ1n) is 5.63. The normalized spacial score (nSPS) is 11.1. The van der Waals surface area contributed by atoms with Crippen LogP contribution in [0.5, 0.6) is 0 Å². The lowest BCUT2D eigenvalue weighted by atomic mass is 10.2. The van der Waals surface area contributed by atoms with Crippen LogP contribution in [0, 0.1) is 6.92 Å². The lowest BCUT2D eigenvalue weighted by molar-refractivity contribution is 1.22. The molecule has 3 aromatic rings. The van der Waals surface area contributed by atoms with Gasteiger partial charge in [-0.05, 0) is 47.1 Å². The van der Waals surface area contributed by atoms with Gasteiger partial charge in [-0.1, -0.05) is 15.9 Å². The first-order chi connectivity index (χ1) is 9.04. The Balaban J connectivity index is 2.24. The van der Waals surface area contributed by atoms with Gasteiger partial charge in [0.1, 0.15) is 5.82 Å². The number of nitrogens with zero attached hydrogens (tertiary/aromatic N) is 2. The Morgan fingerprint density at radius 1 is 1.16 bits per heavy atom. The molecule has 0 saturated carbocycles. The van der Waals surface area contributed by atoms with E-state index in [4.69, 9.17) is 5.73 Å². The molecule has 96 valence electrons. The second kappa shape index (κ2) is 4.61. The summed E-state index contributed by atoms with van der Waals surface area (Å²) in [4.78, 5) is 12.1. The van der Waals surface area contributed by atoms with Crippen molar-refractivity contribution in [2.75, 3.05) is 5.73 Å². The van der Waals surface area contributed by atoms with E-state index in [0.717, 1.165) is 25.7 Å². The van der Waals surface area contributed by atoms with E-state index in [1.807, 2.05) is 31.2 Å².